The third kappa shape index (κ3) is 4.67. The fourth-order valence-electron chi connectivity index (χ4n) is 2.90. The number of fused-ring (bicyclic) bond motifs is 1. The summed E-state index contributed by atoms with van der Waals surface area (Å²) in [6, 6.07) is 23.4. The van der Waals surface area contributed by atoms with Gasteiger partial charge in [-0.25, -0.2) is 0 Å². The number of rotatable bonds is 6. The Kier molecular flexibility index (Phi) is 5.48. The number of anilines is 2. The molecule has 0 radical (unpaired) electrons. The number of amides is 2. The summed E-state index contributed by atoms with van der Waals surface area (Å²) in [6.45, 7) is 1.90. The number of carbonyl (C=O) groups excluding carboxylic acids is 2. The van der Waals surface area contributed by atoms with E-state index in [2.05, 4.69) is 10.6 Å². The van der Waals surface area contributed by atoms with Crippen molar-refractivity contribution in [2.24, 2.45) is 0 Å². The van der Waals surface area contributed by atoms with Crippen LogP contribution in [0.25, 0.3) is 11.0 Å². The Bertz CT molecular complexity index is 1150. The average molecular weight is 400 g/mol. The van der Waals surface area contributed by atoms with Gasteiger partial charge < -0.3 is 19.8 Å². The predicted molar refractivity (Wildman–Crippen MR) is 116 cm³/mol. The molecule has 0 spiro atoms. The second kappa shape index (κ2) is 8.53. The van der Waals surface area contributed by atoms with Crippen LogP contribution in [0.4, 0.5) is 11.4 Å². The SMILES string of the molecule is Cc1ccc(OCC(=O)Nc2ccc(NC(=O)c3cc4ccccc4o3)cc2)cc1. The molecule has 6 nitrogen and oxygen atoms in total. The van der Waals surface area contributed by atoms with Crippen molar-refractivity contribution >= 4 is 34.2 Å². The molecule has 2 amide bonds. The van der Waals surface area contributed by atoms with E-state index >= 15 is 0 Å². The minimum atomic E-state index is -0.338. The second-order valence-electron chi connectivity index (χ2n) is 6.83. The number of hydrogen-bond donors (Lipinski definition) is 2. The molecule has 6 heteroatoms. The number of nitrogens with one attached hydrogen (secondary N) is 2. The summed E-state index contributed by atoms with van der Waals surface area (Å²) in [5, 5.41) is 6.41. The molecule has 0 atom stereocenters. The van der Waals surface area contributed by atoms with Crippen LogP contribution < -0.4 is 15.4 Å². The van der Waals surface area contributed by atoms with Crippen LogP contribution in [0.5, 0.6) is 5.75 Å². The van der Waals surface area contributed by atoms with Crippen LogP contribution in [-0.2, 0) is 4.79 Å². The van der Waals surface area contributed by atoms with E-state index in [1.165, 1.54) is 0 Å². The molecule has 4 rings (SSSR count). The summed E-state index contributed by atoms with van der Waals surface area (Å²) < 4.78 is 11.0. The first kappa shape index (κ1) is 19.3. The normalized spacial score (nSPS) is 10.6. The van der Waals surface area contributed by atoms with Gasteiger partial charge in [0.05, 0.1) is 0 Å². The van der Waals surface area contributed by atoms with Gasteiger partial charge in [-0.3, -0.25) is 9.59 Å². The van der Waals surface area contributed by atoms with Gasteiger partial charge in [0, 0.05) is 16.8 Å². The van der Waals surface area contributed by atoms with Gasteiger partial charge in [0.2, 0.25) is 0 Å². The fraction of sp³-hybridized carbons (Fsp3) is 0.0833. The van der Waals surface area contributed by atoms with E-state index in [-0.39, 0.29) is 24.2 Å². The highest BCUT2D eigenvalue weighted by atomic mass is 16.5. The smallest absolute Gasteiger partial charge is 0.291 e. The summed E-state index contributed by atoms with van der Waals surface area (Å²) in [6.07, 6.45) is 0. The van der Waals surface area contributed by atoms with Crippen LogP contribution >= 0.6 is 0 Å². The highest BCUT2D eigenvalue weighted by Crippen LogP contribution is 2.20. The van der Waals surface area contributed by atoms with Crippen LogP contribution in [-0.4, -0.2) is 18.4 Å². The number of ether oxygens (including phenoxy) is 1. The van der Waals surface area contributed by atoms with Gasteiger partial charge in [0.1, 0.15) is 11.3 Å². The van der Waals surface area contributed by atoms with Crippen molar-refractivity contribution in [2.75, 3.05) is 17.2 Å². The minimum absolute atomic E-state index is 0.0897. The number of furan rings is 1. The molecule has 1 aromatic heterocycles. The molecule has 1 heterocycles. The van der Waals surface area contributed by atoms with Gasteiger partial charge in [0.25, 0.3) is 11.8 Å². The molecular weight excluding hydrogens is 380 g/mol. The molecule has 0 aliphatic carbocycles. The van der Waals surface area contributed by atoms with Crippen LogP contribution in [0.3, 0.4) is 0 Å². The van der Waals surface area contributed by atoms with Crippen molar-refractivity contribution in [3.05, 3.63) is 90.2 Å². The Morgan fingerprint density at radius 3 is 2.23 bits per heavy atom. The van der Waals surface area contributed by atoms with Gasteiger partial charge in [-0.1, -0.05) is 35.9 Å². The lowest BCUT2D eigenvalue weighted by Crippen LogP contribution is -2.20. The first-order chi connectivity index (χ1) is 14.6. The molecule has 0 fully saturated rings. The largest absolute Gasteiger partial charge is 0.484 e. The van der Waals surface area contributed by atoms with E-state index in [1.54, 1.807) is 30.3 Å². The van der Waals surface area contributed by atoms with Gasteiger partial charge in [-0.2, -0.15) is 0 Å². The number of para-hydroxylation sites is 1. The molecule has 4 aromatic rings. The standard InChI is InChI=1S/C24H20N2O4/c1-16-6-12-20(13-7-16)29-15-23(27)25-18-8-10-19(11-9-18)26-24(28)22-14-17-4-2-3-5-21(17)30-22/h2-14H,15H2,1H3,(H,25,27)(H,26,28). The van der Waals surface area contributed by atoms with Crippen molar-refractivity contribution in [1.29, 1.82) is 0 Å². The maximum atomic E-state index is 12.4. The molecule has 2 N–H and O–H groups in total. The van der Waals surface area contributed by atoms with Crippen molar-refractivity contribution < 1.29 is 18.7 Å². The zero-order valence-electron chi connectivity index (χ0n) is 16.3. The minimum Gasteiger partial charge on any atom is -0.484 e. The third-order valence-corrected chi connectivity index (χ3v) is 4.47. The first-order valence-electron chi connectivity index (χ1n) is 9.46. The molecule has 0 bridgehead atoms. The van der Waals surface area contributed by atoms with E-state index in [1.807, 2.05) is 55.5 Å². The topological polar surface area (TPSA) is 80.6 Å². The lowest BCUT2D eigenvalue weighted by atomic mass is 10.2. The summed E-state index contributed by atoms with van der Waals surface area (Å²) >= 11 is 0. The molecular formula is C24H20N2O4. The summed E-state index contributed by atoms with van der Waals surface area (Å²) in [4.78, 5) is 24.5. The molecule has 0 aliphatic rings. The summed E-state index contributed by atoms with van der Waals surface area (Å²) in [5.41, 5.74) is 2.98. The molecule has 150 valence electrons. The van der Waals surface area contributed by atoms with Crippen molar-refractivity contribution in [1.82, 2.24) is 0 Å². The predicted octanol–water partition coefficient (Wildman–Crippen LogP) is 5.01. The Balaban J connectivity index is 1.31. The monoisotopic (exact) mass is 400 g/mol. The highest BCUT2D eigenvalue weighted by molar-refractivity contribution is 6.04. The lowest BCUT2D eigenvalue weighted by molar-refractivity contribution is -0.118. The fourth-order valence-corrected chi connectivity index (χ4v) is 2.90. The van der Waals surface area contributed by atoms with Gasteiger partial charge in [-0.15, -0.1) is 0 Å². The second-order valence-corrected chi connectivity index (χ2v) is 6.83. The number of aryl methyl sites for hydroxylation is 1. The van der Waals surface area contributed by atoms with Crippen molar-refractivity contribution in [3.8, 4) is 5.75 Å². The van der Waals surface area contributed by atoms with Crippen LogP contribution in [0.2, 0.25) is 0 Å². The van der Waals surface area contributed by atoms with Gasteiger partial charge in [-0.05, 0) is 55.5 Å². The highest BCUT2D eigenvalue weighted by Gasteiger charge is 2.12. The molecule has 0 saturated carbocycles. The summed E-state index contributed by atoms with van der Waals surface area (Å²) in [7, 11) is 0. The molecule has 0 unspecified atom stereocenters. The molecule has 3 aromatic carbocycles. The number of carbonyl (C=O) groups is 2. The Labute approximate surface area is 173 Å². The maximum Gasteiger partial charge on any atom is 0.291 e. The Hall–Kier alpha value is -4.06. The van der Waals surface area contributed by atoms with E-state index in [0.29, 0.717) is 22.7 Å². The lowest BCUT2D eigenvalue weighted by Gasteiger charge is -2.09. The first-order valence-corrected chi connectivity index (χ1v) is 9.46. The van der Waals surface area contributed by atoms with Gasteiger partial charge in [0.15, 0.2) is 12.4 Å². The molecule has 30 heavy (non-hydrogen) atoms. The van der Waals surface area contributed by atoms with E-state index in [9.17, 15) is 9.59 Å². The van der Waals surface area contributed by atoms with Crippen LogP contribution in [0, 0.1) is 6.92 Å². The Morgan fingerprint density at radius 2 is 1.53 bits per heavy atom. The van der Waals surface area contributed by atoms with Crippen LogP contribution in [0.15, 0.2) is 83.3 Å². The molecule has 0 saturated heterocycles. The quantitative estimate of drug-likeness (QED) is 0.477. The number of hydrogen-bond acceptors (Lipinski definition) is 4. The third-order valence-electron chi connectivity index (χ3n) is 4.47. The maximum absolute atomic E-state index is 12.4. The van der Waals surface area contributed by atoms with E-state index in [4.69, 9.17) is 9.15 Å². The zero-order chi connectivity index (χ0) is 20.9. The van der Waals surface area contributed by atoms with E-state index in [0.717, 1.165) is 10.9 Å². The van der Waals surface area contributed by atoms with Crippen molar-refractivity contribution in [2.45, 2.75) is 6.92 Å². The van der Waals surface area contributed by atoms with Crippen molar-refractivity contribution in [3.63, 3.8) is 0 Å². The van der Waals surface area contributed by atoms with Gasteiger partial charge >= 0.3 is 0 Å². The van der Waals surface area contributed by atoms with E-state index < -0.39 is 0 Å². The zero-order valence-corrected chi connectivity index (χ0v) is 16.3. The average Bonchev–Trinajstić information content (AvgIpc) is 3.19. The molecule has 0 aliphatic heterocycles. The van der Waals surface area contributed by atoms with Crippen LogP contribution in [0.1, 0.15) is 16.1 Å². The summed E-state index contributed by atoms with van der Waals surface area (Å²) in [5.74, 6) is 0.269. The Morgan fingerprint density at radius 1 is 0.867 bits per heavy atom. The number of benzene rings is 3.